The zero-order valence-electron chi connectivity index (χ0n) is 17.0. The van der Waals surface area contributed by atoms with Gasteiger partial charge in [-0.25, -0.2) is 0 Å². The average Bonchev–Trinajstić information content (AvgIpc) is 3.29. The maximum Gasteiger partial charge on any atom is 0.234 e. The normalized spacial score (nSPS) is 13.9. The lowest BCUT2D eigenvalue weighted by atomic mass is 10.1. The number of rotatable bonds is 6. The van der Waals surface area contributed by atoms with Gasteiger partial charge in [-0.3, -0.25) is 4.79 Å². The standard InChI is InChI=1S/C20H24ClN7OS/c1-13(2)28-12-22-26-20(28)30-11-18(29)23-14-7-8-16(21)15(10-14)19-25-24-17-6-4-3-5-9-27(17)19/h7-8,10,12-13H,3-6,9,11H2,1-2H3,(H,23,29). The Morgan fingerprint density at radius 1 is 1.23 bits per heavy atom. The minimum absolute atomic E-state index is 0.119. The number of nitrogens with zero attached hydrogens (tertiary/aromatic N) is 6. The number of amides is 1. The number of nitrogens with one attached hydrogen (secondary N) is 1. The van der Waals surface area contributed by atoms with Gasteiger partial charge in [-0.1, -0.05) is 29.8 Å². The highest BCUT2D eigenvalue weighted by atomic mass is 35.5. The quantitative estimate of drug-likeness (QED) is 0.571. The van der Waals surface area contributed by atoms with Crippen molar-refractivity contribution in [1.82, 2.24) is 29.5 Å². The van der Waals surface area contributed by atoms with Crippen molar-refractivity contribution in [1.29, 1.82) is 0 Å². The fourth-order valence-electron chi connectivity index (χ4n) is 3.48. The highest BCUT2D eigenvalue weighted by Gasteiger charge is 2.19. The molecule has 1 aliphatic heterocycles. The summed E-state index contributed by atoms with van der Waals surface area (Å²) in [6, 6.07) is 5.68. The van der Waals surface area contributed by atoms with E-state index in [4.69, 9.17) is 11.6 Å². The Hall–Kier alpha value is -2.39. The summed E-state index contributed by atoms with van der Waals surface area (Å²) < 4.78 is 4.09. The van der Waals surface area contributed by atoms with Gasteiger partial charge in [0.2, 0.25) is 5.91 Å². The van der Waals surface area contributed by atoms with Crippen LogP contribution in [0, 0.1) is 0 Å². The molecule has 158 valence electrons. The smallest absolute Gasteiger partial charge is 0.234 e. The second kappa shape index (κ2) is 9.18. The van der Waals surface area contributed by atoms with Gasteiger partial charge in [0, 0.05) is 30.3 Å². The number of carbonyl (C=O) groups excluding carboxylic acids is 1. The molecule has 1 amide bonds. The lowest BCUT2D eigenvalue weighted by Crippen LogP contribution is -2.15. The minimum Gasteiger partial charge on any atom is -0.325 e. The van der Waals surface area contributed by atoms with Gasteiger partial charge in [-0.2, -0.15) is 0 Å². The number of carbonyl (C=O) groups is 1. The Morgan fingerprint density at radius 2 is 2.10 bits per heavy atom. The summed E-state index contributed by atoms with van der Waals surface area (Å²) >= 11 is 7.83. The van der Waals surface area contributed by atoms with E-state index in [0.29, 0.717) is 10.7 Å². The van der Waals surface area contributed by atoms with E-state index < -0.39 is 0 Å². The van der Waals surface area contributed by atoms with Gasteiger partial charge in [-0.05, 0) is 44.9 Å². The maximum atomic E-state index is 12.5. The van der Waals surface area contributed by atoms with Crippen molar-refractivity contribution in [2.75, 3.05) is 11.1 Å². The number of hydrogen-bond donors (Lipinski definition) is 1. The van der Waals surface area contributed by atoms with E-state index in [1.54, 1.807) is 18.5 Å². The molecule has 0 fully saturated rings. The van der Waals surface area contributed by atoms with Crippen LogP contribution in [0.4, 0.5) is 5.69 Å². The van der Waals surface area contributed by atoms with Gasteiger partial charge in [-0.15, -0.1) is 20.4 Å². The summed E-state index contributed by atoms with van der Waals surface area (Å²) in [6.45, 7) is 4.99. The van der Waals surface area contributed by atoms with Crippen LogP contribution in [0.1, 0.15) is 45.0 Å². The number of aryl methyl sites for hydroxylation is 1. The van der Waals surface area contributed by atoms with E-state index in [-0.39, 0.29) is 17.7 Å². The van der Waals surface area contributed by atoms with Crippen LogP contribution in [-0.4, -0.2) is 41.2 Å². The van der Waals surface area contributed by atoms with Crippen LogP contribution in [0.5, 0.6) is 0 Å². The molecule has 0 aliphatic carbocycles. The summed E-state index contributed by atoms with van der Waals surface area (Å²) in [7, 11) is 0. The van der Waals surface area contributed by atoms with Crippen molar-refractivity contribution >= 4 is 35.0 Å². The van der Waals surface area contributed by atoms with E-state index in [1.807, 2.05) is 24.5 Å². The van der Waals surface area contributed by atoms with Crippen molar-refractivity contribution in [3.05, 3.63) is 35.4 Å². The molecule has 0 unspecified atom stereocenters. The number of anilines is 1. The maximum absolute atomic E-state index is 12.5. The third-order valence-corrected chi connectivity index (χ3v) is 6.32. The first-order valence-corrected chi connectivity index (χ1v) is 11.4. The van der Waals surface area contributed by atoms with Crippen molar-refractivity contribution < 1.29 is 4.79 Å². The molecule has 8 nitrogen and oxygen atoms in total. The first kappa shape index (κ1) is 20.9. The Balaban J connectivity index is 1.48. The van der Waals surface area contributed by atoms with E-state index in [2.05, 4.69) is 30.3 Å². The molecule has 0 saturated heterocycles. The van der Waals surface area contributed by atoms with Crippen LogP contribution >= 0.6 is 23.4 Å². The molecule has 3 heterocycles. The van der Waals surface area contributed by atoms with Crippen molar-refractivity contribution in [2.24, 2.45) is 0 Å². The summed E-state index contributed by atoms with van der Waals surface area (Å²) in [6.07, 6.45) is 6.03. The van der Waals surface area contributed by atoms with E-state index in [0.717, 1.165) is 48.2 Å². The lowest BCUT2D eigenvalue weighted by Gasteiger charge is -2.11. The zero-order valence-corrected chi connectivity index (χ0v) is 18.6. The number of aromatic nitrogens is 6. The van der Waals surface area contributed by atoms with Crippen LogP contribution in [0.15, 0.2) is 29.7 Å². The second-order valence-electron chi connectivity index (χ2n) is 7.55. The molecule has 0 bridgehead atoms. The van der Waals surface area contributed by atoms with Crippen molar-refractivity contribution in [3.63, 3.8) is 0 Å². The Bertz CT molecular complexity index is 1050. The van der Waals surface area contributed by atoms with Crippen LogP contribution < -0.4 is 5.32 Å². The molecular formula is C20H24ClN7OS. The molecular weight excluding hydrogens is 422 g/mol. The fraction of sp³-hybridized carbons (Fsp3) is 0.450. The molecule has 0 atom stereocenters. The molecule has 1 N–H and O–H groups in total. The lowest BCUT2D eigenvalue weighted by molar-refractivity contribution is -0.113. The molecule has 2 aromatic heterocycles. The van der Waals surface area contributed by atoms with Gasteiger partial charge >= 0.3 is 0 Å². The Morgan fingerprint density at radius 3 is 2.93 bits per heavy atom. The topological polar surface area (TPSA) is 90.5 Å². The number of halogens is 1. The highest BCUT2D eigenvalue weighted by molar-refractivity contribution is 7.99. The predicted octanol–water partition coefficient (Wildman–Crippen LogP) is 4.23. The summed E-state index contributed by atoms with van der Waals surface area (Å²) in [5, 5.41) is 21.0. The van der Waals surface area contributed by atoms with Crippen molar-refractivity contribution in [2.45, 2.75) is 57.3 Å². The Kier molecular flexibility index (Phi) is 6.38. The Labute approximate surface area is 184 Å². The monoisotopic (exact) mass is 445 g/mol. The molecule has 3 aromatic rings. The van der Waals surface area contributed by atoms with Crippen LogP contribution in [0.2, 0.25) is 5.02 Å². The van der Waals surface area contributed by atoms with Gasteiger partial charge in [0.15, 0.2) is 11.0 Å². The molecule has 30 heavy (non-hydrogen) atoms. The fourth-order valence-corrected chi connectivity index (χ4v) is 4.52. The third-order valence-electron chi connectivity index (χ3n) is 5.03. The number of thioether (sulfide) groups is 1. The number of fused-ring (bicyclic) bond motifs is 1. The predicted molar refractivity (Wildman–Crippen MR) is 118 cm³/mol. The molecule has 0 spiro atoms. The van der Waals surface area contributed by atoms with Gasteiger partial charge in [0.05, 0.1) is 10.8 Å². The molecule has 1 aromatic carbocycles. The van der Waals surface area contributed by atoms with Crippen molar-refractivity contribution in [3.8, 4) is 11.4 Å². The van der Waals surface area contributed by atoms with E-state index >= 15 is 0 Å². The molecule has 0 saturated carbocycles. The van der Waals surface area contributed by atoms with Gasteiger partial charge < -0.3 is 14.5 Å². The molecule has 10 heteroatoms. The minimum atomic E-state index is -0.119. The number of hydrogen-bond acceptors (Lipinski definition) is 6. The van der Waals surface area contributed by atoms with E-state index in [1.165, 1.54) is 18.2 Å². The first-order valence-electron chi connectivity index (χ1n) is 10.1. The van der Waals surface area contributed by atoms with Gasteiger partial charge in [0.1, 0.15) is 12.2 Å². The molecule has 4 rings (SSSR count). The number of benzene rings is 1. The molecule has 0 radical (unpaired) electrons. The first-order chi connectivity index (χ1) is 14.5. The molecule has 1 aliphatic rings. The highest BCUT2D eigenvalue weighted by Crippen LogP contribution is 2.31. The average molecular weight is 446 g/mol. The SMILES string of the molecule is CC(C)n1cnnc1SCC(=O)Nc1ccc(Cl)c(-c2nnc3n2CCCCC3)c1. The van der Waals surface area contributed by atoms with E-state index in [9.17, 15) is 4.79 Å². The summed E-state index contributed by atoms with van der Waals surface area (Å²) in [5.41, 5.74) is 1.46. The second-order valence-corrected chi connectivity index (χ2v) is 8.90. The third kappa shape index (κ3) is 4.52. The zero-order chi connectivity index (χ0) is 21.1. The van der Waals surface area contributed by atoms with Gasteiger partial charge in [0.25, 0.3) is 0 Å². The van der Waals surface area contributed by atoms with Crippen LogP contribution in [0.3, 0.4) is 0 Å². The van der Waals surface area contributed by atoms with Crippen LogP contribution in [-0.2, 0) is 17.8 Å². The summed E-state index contributed by atoms with van der Waals surface area (Å²) in [4.78, 5) is 12.5. The summed E-state index contributed by atoms with van der Waals surface area (Å²) in [5.74, 6) is 1.88. The van der Waals surface area contributed by atoms with Crippen LogP contribution in [0.25, 0.3) is 11.4 Å². The largest absolute Gasteiger partial charge is 0.325 e.